The van der Waals surface area contributed by atoms with E-state index in [0.717, 1.165) is 25.1 Å². The number of benzene rings is 1. The molecular weight excluding hydrogens is 258 g/mol. The van der Waals surface area contributed by atoms with Gasteiger partial charge in [0.05, 0.1) is 11.6 Å². The van der Waals surface area contributed by atoms with E-state index in [1.807, 2.05) is 12.1 Å². The van der Waals surface area contributed by atoms with Crippen LogP contribution in [0.15, 0.2) is 24.3 Å². The molecule has 0 atom stereocenters. The molecular formula is C18H23N3. The van der Waals surface area contributed by atoms with Crippen molar-refractivity contribution in [3.8, 4) is 6.07 Å². The van der Waals surface area contributed by atoms with Gasteiger partial charge in [-0.2, -0.15) is 5.26 Å². The summed E-state index contributed by atoms with van der Waals surface area (Å²) in [7, 11) is 0. The molecule has 3 heteroatoms. The zero-order valence-corrected chi connectivity index (χ0v) is 12.8. The number of hydrogen-bond acceptors (Lipinski definition) is 2. The van der Waals surface area contributed by atoms with Gasteiger partial charge in [0.25, 0.3) is 0 Å². The Labute approximate surface area is 126 Å². The van der Waals surface area contributed by atoms with E-state index in [4.69, 9.17) is 5.26 Å². The summed E-state index contributed by atoms with van der Waals surface area (Å²) in [5.41, 5.74) is 3.34. The fourth-order valence-electron chi connectivity index (χ4n) is 3.42. The Kier molecular flexibility index (Phi) is 4.26. The molecule has 1 saturated heterocycles. The van der Waals surface area contributed by atoms with Gasteiger partial charge in [0, 0.05) is 30.7 Å². The molecule has 0 unspecified atom stereocenters. The minimum absolute atomic E-state index is 0.748. The van der Waals surface area contributed by atoms with Gasteiger partial charge in [-0.15, -0.1) is 0 Å². The van der Waals surface area contributed by atoms with E-state index < -0.39 is 0 Å². The maximum absolute atomic E-state index is 9.08. The van der Waals surface area contributed by atoms with E-state index in [1.54, 1.807) is 0 Å². The molecule has 0 bridgehead atoms. The summed E-state index contributed by atoms with van der Waals surface area (Å²) < 4.78 is 2.36. The maximum atomic E-state index is 9.08. The Hall–Kier alpha value is -1.79. The van der Waals surface area contributed by atoms with E-state index in [9.17, 15) is 0 Å². The molecule has 0 aliphatic carbocycles. The predicted octanol–water partition coefficient (Wildman–Crippen LogP) is 3.56. The number of piperidine rings is 1. The lowest BCUT2D eigenvalue weighted by Gasteiger charge is -2.26. The number of aromatic nitrogens is 1. The molecule has 3 rings (SSSR count). The molecule has 0 N–H and O–H groups in total. The number of nitriles is 1. The van der Waals surface area contributed by atoms with Crippen LogP contribution in [0.3, 0.4) is 0 Å². The highest BCUT2D eigenvalue weighted by atomic mass is 15.1. The van der Waals surface area contributed by atoms with Crippen molar-refractivity contribution >= 4 is 10.9 Å². The summed E-state index contributed by atoms with van der Waals surface area (Å²) in [4.78, 5) is 2.59. The summed E-state index contributed by atoms with van der Waals surface area (Å²) in [6, 6.07) is 10.5. The van der Waals surface area contributed by atoms with Crippen molar-refractivity contribution in [2.45, 2.75) is 39.2 Å². The molecule has 0 amide bonds. The fraction of sp³-hybridized carbons (Fsp3) is 0.500. The van der Waals surface area contributed by atoms with Crippen LogP contribution in [-0.2, 0) is 13.0 Å². The molecule has 2 aromatic rings. The zero-order chi connectivity index (χ0) is 14.7. The minimum atomic E-state index is 0.748. The first kappa shape index (κ1) is 14.2. The molecule has 1 fully saturated rings. The van der Waals surface area contributed by atoms with Crippen molar-refractivity contribution in [2.24, 2.45) is 0 Å². The Morgan fingerprint density at radius 3 is 2.67 bits per heavy atom. The second kappa shape index (κ2) is 6.32. The lowest BCUT2D eigenvalue weighted by Crippen LogP contribution is -2.31. The van der Waals surface area contributed by atoms with Crippen LogP contribution in [0.1, 0.15) is 37.4 Å². The Morgan fingerprint density at radius 2 is 1.95 bits per heavy atom. The van der Waals surface area contributed by atoms with Crippen LogP contribution in [0.2, 0.25) is 0 Å². The highest BCUT2D eigenvalue weighted by Crippen LogP contribution is 2.22. The van der Waals surface area contributed by atoms with Crippen LogP contribution in [0.5, 0.6) is 0 Å². The summed E-state index contributed by atoms with van der Waals surface area (Å²) in [5, 5.41) is 10.3. The lowest BCUT2D eigenvalue weighted by atomic mass is 10.1. The fourth-order valence-corrected chi connectivity index (χ4v) is 3.42. The standard InChI is InChI=1S/C18H23N3/c1-2-21-17(8-11-20-9-4-3-5-10-20)13-16-7-6-15(14-19)12-18(16)21/h6-7,12-13H,2-5,8-11H2,1H3. The molecule has 1 aromatic heterocycles. The van der Waals surface area contributed by atoms with Gasteiger partial charge in [0.1, 0.15) is 0 Å². The van der Waals surface area contributed by atoms with E-state index in [-0.39, 0.29) is 0 Å². The highest BCUT2D eigenvalue weighted by molar-refractivity contribution is 5.82. The summed E-state index contributed by atoms with van der Waals surface area (Å²) in [5.74, 6) is 0. The molecule has 3 nitrogen and oxygen atoms in total. The van der Waals surface area contributed by atoms with E-state index >= 15 is 0 Å². The van der Waals surface area contributed by atoms with Gasteiger partial charge in [-0.05, 0) is 56.4 Å². The molecule has 2 heterocycles. The van der Waals surface area contributed by atoms with Gasteiger partial charge in [-0.1, -0.05) is 12.5 Å². The van der Waals surface area contributed by atoms with Crippen LogP contribution in [0, 0.1) is 11.3 Å². The SMILES string of the molecule is CCn1c(CCN2CCCCC2)cc2ccc(C#N)cc21. The quantitative estimate of drug-likeness (QED) is 0.858. The Bertz CT molecular complexity index is 657. The van der Waals surface area contributed by atoms with Gasteiger partial charge >= 0.3 is 0 Å². The van der Waals surface area contributed by atoms with Crippen molar-refractivity contribution in [1.82, 2.24) is 9.47 Å². The monoisotopic (exact) mass is 281 g/mol. The van der Waals surface area contributed by atoms with Crippen LogP contribution in [0.25, 0.3) is 10.9 Å². The van der Waals surface area contributed by atoms with Crippen LogP contribution in [0.4, 0.5) is 0 Å². The Morgan fingerprint density at radius 1 is 1.14 bits per heavy atom. The number of rotatable bonds is 4. The Balaban J connectivity index is 1.82. The van der Waals surface area contributed by atoms with Crippen molar-refractivity contribution in [2.75, 3.05) is 19.6 Å². The highest BCUT2D eigenvalue weighted by Gasteiger charge is 2.12. The van der Waals surface area contributed by atoms with E-state index in [2.05, 4.69) is 34.6 Å². The maximum Gasteiger partial charge on any atom is 0.0992 e. The summed E-state index contributed by atoms with van der Waals surface area (Å²) >= 11 is 0. The number of fused-ring (bicyclic) bond motifs is 1. The molecule has 0 spiro atoms. The van der Waals surface area contributed by atoms with Gasteiger partial charge in [-0.25, -0.2) is 0 Å². The smallest absolute Gasteiger partial charge is 0.0992 e. The second-order valence-corrected chi connectivity index (χ2v) is 5.92. The van der Waals surface area contributed by atoms with Crippen LogP contribution < -0.4 is 0 Å². The molecule has 1 aliphatic heterocycles. The van der Waals surface area contributed by atoms with Gasteiger partial charge in [0.2, 0.25) is 0 Å². The summed E-state index contributed by atoms with van der Waals surface area (Å²) in [6.07, 6.45) is 5.19. The van der Waals surface area contributed by atoms with Crippen molar-refractivity contribution in [3.63, 3.8) is 0 Å². The van der Waals surface area contributed by atoms with E-state index in [0.29, 0.717) is 0 Å². The van der Waals surface area contributed by atoms with E-state index in [1.165, 1.54) is 48.9 Å². The lowest BCUT2D eigenvalue weighted by molar-refractivity contribution is 0.230. The van der Waals surface area contributed by atoms with Crippen LogP contribution >= 0.6 is 0 Å². The normalized spacial score (nSPS) is 16.2. The van der Waals surface area contributed by atoms with Gasteiger partial charge < -0.3 is 9.47 Å². The van der Waals surface area contributed by atoms with Crippen molar-refractivity contribution < 1.29 is 0 Å². The topological polar surface area (TPSA) is 32.0 Å². The minimum Gasteiger partial charge on any atom is -0.345 e. The third-order valence-electron chi connectivity index (χ3n) is 4.57. The number of hydrogen-bond donors (Lipinski definition) is 0. The molecule has 0 saturated carbocycles. The predicted molar refractivity (Wildman–Crippen MR) is 86.3 cm³/mol. The zero-order valence-electron chi connectivity index (χ0n) is 12.8. The van der Waals surface area contributed by atoms with Gasteiger partial charge in [-0.3, -0.25) is 0 Å². The molecule has 1 aromatic carbocycles. The van der Waals surface area contributed by atoms with Crippen molar-refractivity contribution in [1.29, 1.82) is 5.26 Å². The summed E-state index contributed by atoms with van der Waals surface area (Å²) in [6.45, 7) is 6.81. The van der Waals surface area contributed by atoms with Crippen LogP contribution in [-0.4, -0.2) is 29.1 Å². The number of nitrogens with zero attached hydrogens (tertiary/aromatic N) is 3. The second-order valence-electron chi connectivity index (χ2n) is 5.92. The third kappa shape index (κ3) is 2.96. The largest absolute Gasteiger partial charge is 0.345 e. The van der Waals surface area contributed by atoms with Gasteiger partial charge in [0.15, 0.2) is 0 Å². The number of aryl methyl sites for hydroxylation is 1. The number of likely N-dealkylation sites (tertiary alicyclic amines) is 1. The first-order chi connectivity index (χ1) is 10.3. The average Bonchev–Trinajstić information content (AvgIpc) is 2.90. The molecule has 0 radical (unpaired) electrons. The third-order valence-corrected chi connectivity index (χ3v) is 4.57. The molecule has 1 aliphatic rings. The molecule has 110 valence electrons. The first-order valence-electron chi connectivity index (χ1n) is 8.06. The average molecular weight is 281 g/mol. The molecule has 21 heavy (non-hydrogen) atoms. The van der Waals surface area contributed by atoms with Crippen molar-refractivity contribution in [3.05, 3.63) is 35.5 Å². The first-order valence-corrected chi connectivity index (χ1v) is 8.06.